The zero-order valence-corrected chi connectivity index (χ0v) is 10.6. The number of aryl methyl sites for hydroxylation is 2. The van der Waals surface area contributed by atoms with Gasteiger partial charge in [-0.05, 0) is 37.6 Å². The summed E-state index contributed by atoms with van der Waals surface area (Å²) in [5.41, 5.74) is 3.04. The number of halogens is 1. The first kappa shape index (κ1) is 11.9. The summed E-state index contributed by atoms with van der Waals surface area (Å²) < 4.78 is 0. The molecule has 0 fully saturated rings. The summed E-state index contributed by atoms with van der Waals surface area (Å²) in [6, 6.07) is 7.83. The van der Waals surface area contributed by atoms with E-state index in [9.17, 15) is 0 Å². The molecule has 2 aromatic rings. The smallest absolute Gasteiger partial charge is 0.125 e. The van der Waals surface area contributed by atoms with Gasteiger partial charge in [0.1, 0.15) is 5.82 Å². The Balaban J connectivity index is 2.05. The monoisotopic (exact) mass is 247 g/mol. The fraction of sp³-hybridized carbons (Fsp3) is 0.231. The molecule has 0 aliphatic rings. The molecule has 1 aromatic carbocycles. The first-order valence-electron chi connectivity index (χ1n) is 5.44. The lowest BCUT2D eigenvalue weighted by atomic mass is 10.2. The van der Waals surface area contributed by atoms with Crippen molar-refractivity contribution in [3.8, 4) is 0 Å². The lowest BCUT2D eigenvalue weighted by molar-refractivity contribution is 0.955. The van der Waals surface area contributed by atoms with Crippen LogP contribution in [0.4, 0.5) is 5.69 Å². The van der Waals surface area contributed by atoms with Gasteiger partial charge in [-0.3, -0.25) is 0 Å². The number of hydrogen-bond acceptors (Lipinski definition) is 3. The van der Waals surface area contributed by atoms with Crippen molar-refractivity contribution >= 4 is 17.3 Å². The number of anilines is 1. The Bertz CT molecular complexity index is 526. The van der Waals surface area contributed by atoms with E-state index in [0.717, 1.165) is 27.8 Å². The quantitative estimate of drug-likeness (QED) is 0.904. The molecule has 4 heteroatoms. The molecule has 0 unspecified atom stereocenters. The van der Waals surface area contributed by atoms with Crippen LogP contribution in [-0.4, -0.2) is 9.97 Å². The van der Waals surface area contributed by atoms with Crippen LogP contribution in [0.15, 0.2) is 30.5 Å². The molecule has 1 N–H and O–H groups in total. The van der Waals surface area contributed by atoms with Crippen molar-refractivity contribution in [3.05, 3.63) is 52.6 Å². The van der Waals surface area contributed by atoms with Crippen molar-refractivity contribution < 1.29 is 0 Å². The Morgan fingerprint density at radius 1 is 1.24 bits per heavy atom. The maximum atomic E-state index is 6.06. The summed E-state index contributed by atoms with van der Waals surface area (Å²) >= 11 is 6.06. The van der Waals surface area contributed by atoms with Crippen LogP contribution >= 0.6 is 11.6 Å². The van der Waals surface area contributed by atoms with Gasteiger partial charge in [0.05, 0.1) is 12.2 Å². The molecule has 0 bridgehead atoms. The van der Waals surface area contributed by atoms with E-state index in [-0.39, 0.29) is 0 Å². The highest BCUT2D eigenvalue weighted by atomic mass is 35.5. The van der Waals surface area contributed by atoms with Crippen LogP contribution in [0.25, 0.3) is 0 Å². The first-order valence-corrected chi connectivity index (χ1v) is 5.81. The summed E-state index contributed by atoms with van der Waals surface area (Å²) in [6.45, 7) is 4.54. The van der Waals surface area contributed by atoms with Gasteiger partial charge >= 0.3 is 0 Å². The lowest BCUT2D eigenvalue weighted by Crippen LogP contribution is -2.03. The van der Waals surface area contributed by atoms with Crippen LogP contribution in [0.2, 0.25) is 5.02 Å². The predicted molar refractivity (Wildman–Crippen MR) is 70.3 cm³/mol. The van der Waals surface area contributed by atoms with Crippen LogP contribution in [0, 0.1) is 13.8 Å². The maximum Gasteiger partial charge on any atom is 0.125 e. The van der Waals surface area contributed by atoms with Crippen molar-refractivity contribution in [3.63, 3.8) is 0 Å². The van der Waals surface area contributed by atoms with Crippen LogP contribution in [0.1, 0.15) is 17.1 Å². The fourth-order valence-corrected chi connectivity index (χ4v) is 1.68. The van der Waals surface area contributed by atoms with E-state index in [1.165, 1.54) is 0 Å². The molecule has 0 spiro atoms. The minimum absolute atomic E-state index is 0.669. The third-order valence-electron chi connectivity index (χ3n) is 2.48. The molecule has 0 aliphatic carbocycles. The minimum Gasteiger partial charge on any atom is -0.379 e. The summed E-state index contributed by atoms with van der Waals surface area (Å²) in [7, 11) is 0. The predicted octanol–water partition coefficient (Wildman–Crippen LogP) is 3.36. The largest absolute Gasteiger partial charge is 0.379 e. The zero-order valence-electron chi connectivity index (χ0n) is 9.87. The Morgan fingerprint density at radius 3 is 2.76 bits per heavy atom. The highest BCUT2D eigenvalue weighted by Crippen LogP contribution is 2.20. The molecule has 0 radical (unpaired) electrons. The summed E-state index contributed by atoms with van der Waals surface area (Å²) in [5, 5.41) is 4.05. The Labute approximate surface area is 106 Å². The molecule has 88 valence electrons. The van der Waals surface area contributed by atoms with Crippen molar-refractivity contribution in [2.24, 2.45) is 0 Å². The minimum atomic E-state index is 0.669. The van der Waals surface area contributed by atoms with Gasteiger partial charge in [0.2, 0.25) is 0 Å². The number of benzene rings is 1. The van der Waals surface area contributed by atoms with Gasteiger partial charge in [-0.25, -0.2) is 9.97 Å². The Kier molecular flexibility index (Phi) is 3.59. The molecule has 2 rings (SSSR count). The first-order chi connectivity index (χ1) is 8.15. The number of hydrogen-bond donors (Lipinski definition) is 1. The topological polar surface area (TPSA) is 37.8 Å². The van der Waals surface area contributed by atoms with Crippen molar-refractivity contribution in [2.45, 2.75) is 20.4 Å². The SMILES string of the molecule is Cc1nccc(CNc2ccc(C)c(Cl)c2)n1. The number of nitrogens with zero attached hydrogens (tertiary/aromatic N) is 2. The van der Waals surface area contributed by atoms with E-state index < -0.39 is 0 Å². The van der Waals surface area contributed by atoms with E-state index in [4.69, 9.17) is 11.6 Å². The van der Waals surface area contributed by atoms with E-state index in [1.54, 1.807) is 6.20 Å². The molecule has 1 heterocycles. The zero-order chi connectivity index (χ0) is 12.3. The van der Waals surface area contributed by atoms with Crippen LogP contribution < -0.4 is 5.32 Å². The van der Waals surface area contributed by atoms with Gasteiger partial charge in [0.15, 0.2) is 0 Å². The molecule has 17 heavy (non-hydrogen) atoms. The van der Waals surface area contributed by atoms with E-state index in [0.29, 0.717) is 6.54 Å². The van der Waals surface area contributed by atoms with E-state index in [2.05, 4.69) is 15.3 Å². The molecule has 0 saturated heterocycles. The molecular formula is C13H14ClN3. The van der Waals surface area contributed by atoms with Gasteiger partial charge in [-0.15, -0.1) is 0 Å². The van der Waals surface area contributed by atoms with E-state index >= 15 is 0 Å². The molecule has 3 nitrogen and oxygen atoms in total. The second-order valence-electron chi connectivity index (χ2n) is 3.91. The van der Waals surface area contributed by atoms with Crippen LogP contribution in [-0.2, 0) is 6.54 Å². The summed E-state index contributed by atoms with van der Waals surface area (Å²) in [4.78, 5) is 8.38. The fourth-order valence-electron chi connectivity index (χ4n) is 1.50. The second-order valence-corrected chi connectivity index (χ2v) is 4.32. The van der Waals surface area contributed by atoms with Crippen LogP contribution in [0.3, 0.4) is 0 Å². The maximum absolute atomic E-state index is 6.06. The summed E-state index contributed by atoms with van der Waals surface area (Å²) in [5.74, 6) is 0.784. The standard InChI is InChI=1S/C13H14ClN3/c1-9-3-4-11(7-13(9)14)16-8-12-5-6-15-10(2)17-12/h3-7,16H,8H2,1-2H3. The highest BCUT2D eigenvalue weighted by molar-refractivity contribution is 6.31. The molecule has 1 aromatic heterocycles. The van der Waals surface area contributed by atoms with Gasteiger partial charge in [-0.1, -0.05) is 17.7 Å². The third-order valence-corrected chi connectivity index (χ3v) is 2.89. The second kappa shape index (κ2) is 5.15. The van der Waals surface area contributed by atoms with Crippen LogP contribution in [0.5, 0.6) is 0 Å². The number of rotatable bonds is 3. The summed E-state index contributed by atoms with van der Waals surface area (Å²) in [6.07, 6.45) is 1.77. The van der Waals surface area contributed by atoms with E-state index in [1.807, 2.05) is 38.1 Å². The van der Waals surface area contributed by atoms with Gasteiger partial charge < -0.3 is 5.32 Å². The third kappa shape index (κ3) is 3.17. The molecule has 0 saturated carbocycles. The average molecular weight is 248 g/mol. The van der Waals surface area contributed by atoms with Crippen molar-refractivity contribution in [2.75, 3.05) is 5.32 Å². The van der Waals surface area contributed by atoms with Gasteiger partial charge in [0, 0.05) is 16.9 Å². The lowest BCUT2D eigenvalue weighted by Gasteiger charge is -2.07. The number of nitrogens with one attached hydrogen (secondary N) is 1. The molecule has 0 amide bonds. The highest BCUT2D eigenvalue weighted by Gasteiger charge is 1.99. The van der Waals surface area contributed by atoms with Gasteiger partial charge in [0.25, 0.3) is 0 Å². The molecular weight excluding hydrogens is 234 g/mol. The van der Waals surface area contributed by atoms with Gasteiger partial charge in [-0.2, -0.15) is 0 Å². The normalized spacial score (nSPS) is 10.3. The van der Waals surface area contributed by atoms with Crippen molar-refractivity contribution in [1.82, 2.24) is 9.97 Å². The Hall–Kier alpha value is -1.61. The molecule has 0 aliphatic heterocycles. The average Bonchev–Trinajstić information content (AvgIpc) is 2.31. The molecule has 0 atom stereocenters. The Morgan fingerprint density at radius 2 is 2.06 bits per heavy atom. The van der Waals surface area contributed by atoms with Crippen molar-refractivity contribution in [1.29, 1.82) is 0 Å². The number of aromatic nitrogens is 2.